The highest BCUT2D eigenvalue weighted by Gasteiger charge is 2.22. The number of carbonyl (C=O) groups excluding carboxylic acids is 1. The summed E-state index contributed by atoms with van der Waals surface area (Å²) in [6, 6.07) is 15.6. The SMILES string of the molecule is CC(C)n1nc(C(=O)NCC2CCN(CCc3ccc(O)cc3)CC2)c2ccccc21. The number of hydrogen-bond donors (Lipinski definition) is 2. The maximum absolute atomic E-state index is 12.9. The fourth-order valence-electron chi connectivity index (χ4n) is 4.34. The van der Waals surface area contributed by atoms with Crippen molar-refractivity contribution >= 4 is 16.8 Å². The first-order chi connectivity index (χ1) is 15.0. The number of aromatic nitrogens is 2. The number of benzene rings is 2. The van der Waals surface area contributed by atoms with Gasteiger partial charge in [0, 0.05) is 24.5 Å². The molecule has 1 aliphatic heterocycles. The van der Waals surface area contributed by atoms with Crippen LogP contribution in [0.25, 0.3) is 10.9 Å². The number of piperidine rings is 1. The normalized spacial score (nSPS) is 15.6. The van der Waals surface area contributed by atoms with Gasteiger partial charge >= 0.3 is 0 Å². The lowest BCUT2D eigenvalue weighted by molar-refractivity contribution is 0.0932. The first-order valence-corrected chi connectivity index (χ1v) is 11.3. The lowest BCUT2D eigenvalue weighted by atomic mass is 9.96. The maximum Gasteiger partial charge on any atom is 0.272 e. The van der Waals surface area contributed by atoms with E-state index in [1.165, 1.54) is 5.56 Å². The van der Waals surface area contributed by atoms with Crippen LogP contribution in [0.3, 0.4) is 0 Å². The van der Waals surface area contributed by atoms with Crippen molar-refractivity contribution in [2.24, 2.45) is 5.92 Å². The van der Waals surface area contributed by atoms with Crippen LogP contribution in [0.5, 0.6) is 5.75 Å². The number of para-hydroxylation sites is 1. The van der Waals surface area contributed by atoms with Crippen LogP contribution in [-0.4, -0.2) is 51.9 Å². The molecule has 1 fully saturated rings. The third kappa shape index (κ3) is 5.07. The Kier molecular flexibility index (Phi) is 6.56. The second-order valence-corrected chi connectivity index (χ2v) is 8.82. The third-order valence-corrected chi connectivity index (χ3v) is 6.23. The van der Waals surface area contributed by atoms with Crippen LogP contribution in [0.2, 0.25) is 0 Å². The Morgan fingerprint density at radius 3 is 2.55 bits per heavy atom. The Morgan fingerprint density at radius 2 is 1.84 bits per heavy atom. The molecule has 0 radical (unpaired) electrons. The van der Waals surface area contributed by atoms with Crippen molar-refractivity contribution in [3.8, 4) is 5.75 Å². The molecule has 3 aromatic rings. The van der Waals surface area contributed by atoms with E-state index in [0.717, 1.165) is 49.8 Å². The molecule has 0 spiro atoms. The van der Waals surface area contributed by atoms with Crippen molar-refractivity contribution in [1.29, 1.82) is 0 Å². The van der Waals surface area contributed by atoms with Gasteiger partial charge < -0.3 is 15.3 Å². The minimum absolute atomic E-state index is 0.0784. The van der Waals surface area contributed by atoms with Gasteiger partial charge in [0.05, 0.1) is 5.52 Å². The number of phenols is 1. The number of nitrogens with one attached hydrogen (secondary N) is 1. The summed E-state index contributed by atoms with van der Waals surface area (Å²) >= 11 is 0. The van der Waals surface area contributed by atoms with Gasteiger partial charge in [-0.1, -0.05) is 30.3 Å². The van der Waals surface area contributed by atoms with E-state index in [-0.39, 0.29) is 11.9 Å². The highest BCUT2D eigenvalue weighted by Crippen LogP contribution is 2.22. The summed E-state index contributed by atoms with van der Waals surface area (Å²) in [5.74, 6) is 0.744. The van der Waals surface area contributed by atoms with Crippen LogP contribution in [0.15, 0.2) is 48.5 Å². The van der Waals surface area contributed by atoms with Gasteiger partial charge in [-0.15, -0.1) is 0 Å². The fraction of sp³-hybridized carbons (Fsp3) is 0.440. The molecular formula is C25H32N4O2. The molecule has 164 valence electrons. The summed E-state index contributed by atoms with van der Waals surface area (Å²) in [6.45, 7) is 8.01. The number of hydrogen-bond acceptors (Lipinski definition) is 4. The number of likely N-dealkylation sites (tertiary alicyclic amines) is 1. The molecule has 2 N–H and O–H groups in total. The fourth-order valence-corrected chi connectivity index (χ4v) is 4.34. The molecule has 1 aliphatic rings. The van der Waals surface area contributed by atoms with Gasteiger partial charge in [0.2, 0.25) is 0 Å². The van der Waals surface area contributed by atoms with Crippen LogP contribution in [0, 0.1) is 5.92 Å². The second kappa shape index (κ2) is 9.52. The molecule has 6 nitrogen and oxygen atoms in total. The van der Waals surface area contributed by atoms with E-state index < -0.39 is 0 Å². The summed E-state index contributed by atoms with van der Waals surface area (Å²) in [6.07, 6.45) is 3.18. The van der Waals surface area contributed by atoms with Gasteiger partial charge in [0.25, 0.3) is 5.91 Å². The lowest BCUT2D eigenvalue weighted by Crippen LogP contribution is -2.39. The van der Waals surface area contributed by atoms with Gasteiger partial charge in [-0.2, -0.15) is 5.10 Å². The lowest BCUT2D eigenvalue weighted by Gasteiger charge is -2.32. The van der Waals surface area contributed by atoms with Gasteiger partial charge in [-0.3, -0.25) is 9.48 Å². The average Bonchev–Trinajstić information content (AvgIpc) is 3.18. The topological polar surface area (TPSA) is 70.4 Å². The van der Waals surface area contributed by atoms with Crippen molar-refractivity contribution < 1.29 is 9.90 Å². The Balaban J connectivity index is 1.27. The Bertz CT molecular complexity index is 1020. The number of fused-ring (bicyclic) bond motifs is 1. The van der Waals surface area contributed by atoms with Gasteiger partial charge in [0.1, 0.15) is 5.75 Å². The van der Waals surface area contributed by atoms with Crippen molar-refractivity contribution in [3.05, 3.63) is 59.8 Å². The van der Waals surface area contributed by atoms with Crippen LogP contribution in [0.4, 0.5) is 0 Å². The Hall–Kier alpha value is -2.86. The average molecular weight is 421 g/mol. The molecule has 31 heavy (non-hydrogen) atoms. The molecule has 0 saturated carbocycles. The van der Waals surface area contributed by atoms with Crippen LogP contribution in [0.1, 0.15) is 48.8 Å². The number of amides is 1. The van der Waals surface area contributed by atoms with E-state index in [4.69, 9.17) is 0 Å². The predicted octanol–water partition coefficient (Wildman–Crippen LogP) is 4.01. The zero-order valence-corrected chi connectivity index (χ0v) is 18.4. The van der Waals surface area contributed by atoms with E-state index in [1.54, 1.807) is 12.1 Å². The number of rotatable bonds is 7. The molecular weight excluding hydrogens is 388 g/mol. The summed E-state index contributed by atoms with van der Waals surface area (Å²) < 4.78 is 1.93. The molecule has 0 aliphatic carbocycles. The molecule has 1 aromatic heterocycles. The summed E-state index contributed by atoms with van der Waals surface area (Å²) in [7, 11) is 0. The highest BCUT2D eigenvalue weighted by molar-refractivity contribution is 6.04. The maximum atomic E-state index is 12.9. The number of aromatic hydroxyl groups is 1. The largest absolute Gasteiger partial charge is 0.508 e. The molecule has 1 saturated heterocycles. The molecule has 0 atom stereocenters. The standard InChI is InChI=1S/C25H32N4O2/c1-18(2)29-23-6-4-3-5-22(23)24(27-29)25(31)26-17-20-12-15-28(16-13-20)14-11-19-7-9-21(30)10-8-19/h3-10,18,20,30H,11-17H2,1-2H3,(H,26,31). The number of phenolic OH excluding ortho intramolecular Hbond substituents is 1. The minimum atomic E-state index is -0.0784. The number of nitrogens with zero attached hydrogens (tertiary/aromatic N) is 3. The quantitative estimate of drug-likeness (QED) is 0.606. The van der Waals surface area contributed by atoms with Crippen molar-refractivity contribution in [2.75, 3.05) is 26.2 Å². The molecule has 6 heteroatoms. The molecule has 0 unspecified atom stereocenters. The van der Waals surface area contributed by atoms with E-state index in [9.17, 15) is 9.90 Å². The zero-order valence-electron chi connectivity index (χ0n) is 18.4. The van der Waals surface area contributed by atoms with E-state index in [1.807, 2.05) is 41.1 Å². The first kappa shape index (κ1) is 21.4. The molecule has 2 aromatic carbocycles. The highest BCUT2D eigenvalue weighted by atomic mass is 16.3. The van der Waals surface area contributed by atoms with Crippen LogP contribution < -0.4 is 5.32 Å². The second-order valence-electron chi connectivity index (χ2n) is 8.82. The van der Waals surface area contributed by atoms with Gasteiger partial charge in [-0.25, -0.2) is 0 Å². The van der Waals surface area contributed by atoms with E-state index in [0.29, 0.717) is 23.9 Å². The molecule has 4 rings (SSSR count). The Labute approximate surface area is 183 Å². The minimum Gasteiger partial charge on any atom is -0.508 e. The van der Waals surface area contributed by atoms with Crippen LogP contribution >= 0.6 is 0 Å². The van der Waals surface area contributed by atoms with Crippen LogP contribution in [-0.2, 0) is 6.42 Å². The molecule has 1 amide bonds. The number of carbonyl (C=O) groups is 1. The summed E-state index contributed by atoms with van der Waals surface area (Å²) in [5, 5.41) is 18.0. The smallest absolute Gasteiger partial charge is 0.272 e. The monoisotopic (exact) mass is 420 g/mol. The van der Waals surface area contributed by atoms with Gasteiger partial charge in [0.15, 0.2) is 5.69 Å². The molecule has 0 bridgehead atoms. The predicted molar refractivity (Wildman–Crippen MR) is 123 cm³/mol. The van der Waals surface area contributed by atoms with Gasteiger partial charge in [-0.05, 0) is 75.9 Å². The van der Waals surface area contributed by atoms with Crippen molar-refractivity contribution in [3.63, 3.8) is 0 Å². The summed E-state index contributed by atoms with van der Waals surface area (Å²) in [4.78, 5) is 15.4. The molecule has 2 heterocycles. The third-order valence-electron chi connectivity index (χ3n) is 6.23. The zero-order chi connectivity index (χ0) is 21.8. The van der Waals surface area contributed by atoms with E-state index in [2.05, 4.69) is 29.2 Å². The summed E-state index contributed by atoms with van der Waals surface area (Å²) in [5.41, 5.74) is 2.78. The van der Waals surface area contributed by atoms with E-state index >= 15 is 0 Å². The Morgan fingerprint density at radius 1 is 1.13 bits per heavy atom. The first-order valence-electron chi connectivity index (χ1n) is 11.3. The van der Waals surface area contributed by atoms with Crippen molar-refractivity contribution in [1.82, 2.24) is 20.0 Å². The van der Waals surface area contributed by atoms with Crippen molar-refractivity contribution in [2.45, 2.75) is 39.2 Å².